The second-order valence-electron chi connectivity index (χ2n) is 4.51. The lowest BCUT2D eigenvalue weighted by molar-refractivity contribution is 0.146. The van der Waals surface area contributed by atoms with E-state index < -0.39 is 0 Å². The van der Waals surface area contributed by atoms with E-state index in [2.05, 4.69) is 18.9 Å². The molecule has 0 bridgehead atoms. The third-order valence-electron chi connectivity index (χ3n) is 2.97. The molecule has 58 valence electrons. The number of hydrogen-bond acceptors (Lipinski definition) is 1. The first kappa shape index (κ1) is 6.66. The second kappa shape index (κ2) is 1.97. The summed E-state index contributed by atoms with van der Waals surface area (Å²) in [6.07, 6.45) is 4.50. The summed E-state index contributed by atoms with van der Waals surface area (Å²) in [6.45, 7) is 5.08. The molecule has 2 rings (SSSR count). The van der Waals surface area contributed by atoms with Gasteiger partial charge in [-0.05, 0) is 37.6 Å². The molecule has 1 atom stereocenters. The molecule has 10 heavy (non-hydrogen) atoms. The van der Waals surface area contributed by atoms with Crippen LogP contribution in [0.3, 0.4) is 0 Å². The van der Waals surface area contributed by atoms with Gasteiger partial charge in [0.05, 0.1) is 0 Å². The van der Waals surface area contributed by atoms with E-state index in [9.17, 15) is 0 Å². The van der Waals surface area contributed by atoms with Crippen LogP contribution in [-0.2, 0) is 0 Å². The molecule has 0 amide bonds. The van der Waals surface area contributed by atoms with Crippen LogP contribution in [0.25, 0.3) is 0 Å². The highest BCUT2D eigenvalue weighted by atomic mass is 15.1. The predicted octanol–water partition coefficient (Wildman–Crippen LogP) is 1.74. The molecule has 0 aromatic heterocycles. The Bertz CT molecular complexity index is 126. The van der Waals surface area contributed by atoms with E-state index >= 15 is 0 Å². The van der Waals surface area contributed by atoms with Crippen molar-refractivity contribution in [3.63, 3.8) is 0 Å². The van der Waals surface area contributed by atoms with Crippen LogP contribution in [0.5, 0.6) is 0 Å². The molecule has 0 aromatic rings. The van der Waals surface area contributed by atoms with Gasteiger partial charge in [-0.25, -0.2) is 0 Å². The van der Waals surface area contributed by atoms with Crippen molar-refractivity contribution in [1.29, 1.82) is 0 Å². The zero-order chi connectivity index (χ0) is 7.19. The minimum absolute atomic E-state index is 0.798. The standard InChI is InChI=1S/C9H17N/c1-8-5-9(3-4-9)7-10(2)6-8/h8H,3-7H2,1-2H3/t8-/m1/s1. The van der Waals surface area contributed by atoms with E-state index in [0.29, 0.717) is 0 Å². The summed E-state index contributed by atoms with van der Waals surface area (Å²) in [6, 6.07) is 0. The van der Waals surface area contributed by atoms with Crippen LogP contribution < -0.4 is 0 Å². The Balaban J connectivity index is 2.00. The molecule has 1 spiro atoms. The predicted molar refractivity (Wildman–Crippen MR) is 42.9 cm³/mol. The fourth-order valence-corrected chi connectivity index (χ4v) is 2.58. The van der Waals surface area contributed by atoms with E-state index in [4.69, 9.17) is 0 Å². The Kier molecular flexibility index (Phi) is 1.31. The number of likely N-dealkylation sites (tertiary alicyclic amines) is 1. The average molecular weight is 139 g/mol. The molecule has 1 nitrogen and oxygen atoms in total. The van der Waals surface area contributed by atoms with Crippen molar-refractivity contribution in [3.8, 4) is 0 Å². The lowest BCUT2D eigenvalue weighted by atomic mass is 9.88. The van der Waals surface area contributed by atoms with Gasteiger partial charge in [-0.1, -0.05) is 6.92 Å². The summed E-state index contributed by atoms with van der Waals surface area (Å²) in [5, 5.41) is 0. The minimum atomic E-state index is 0.798. The van der Waals surface area contributed by atoms with E-state index in [0.717, 1.165) is 11.3 Å². The van der Waals surface area contributed by atoms with Crippen LogP contribution in [0.15, 0.2) is 0 Å². The van der Waals surface area contributed by atoms with Gasteiger partial charge in [0, 0.05) is 13.1 Å². The summed E-state index contributed by atoms with van der Waals surface area (Å²) in [7, 11) is 2.26. The van der Waals surface area contributed by atoms with Crippen LogP contribution in [0.4, 0.5) is 0 Å². The first-order chi connectivity index (χ1) is 4.70. The van der Waals surface area contributed by atoms with Gasteiger partial charge in [-0.2, -0.15) is 0 Å². The third-order valence-corrected chi connectivity index (χ3v) is 2.97. The molecule has 0 radical (unpaired) electrons. The summed E-state index contributed by atoms with van der Waals surface area (Å²) >= 11 is 0. The third kappa shape index (κ3) is 1.07. The summed E-state index contributed by atoms with van der Waals surface area (Å²) < 4.78 is 0. The highest BCUT2D eigenvalue weighted by molar-refractivity contribution is 4.98. The monoisotopic (exact) mass is 139 g/mol. The van der Waals surface area contributed by atoms with Crippen LogP contribution in [-0.4, -0.2) is 25.0 Å². The van der Waals surface area contributed by atoms with Gasteiger partial charge in [0.15, 0.2) is 0 Å². The first-order valence-electron chi connectivity index (χ1n) is 4.39. The van der Waals surface area contributed by atoms with Crippen molar-refractivity contribution < 1.29 is 0 Å². The number of piperidine rings is 1. The van der Waals surface area contributed by atoms with Gasteiger partial charge < -0.3 is 4.90 Å². The van der Waals surface area contributed by atoms with Gasteiger partial charge in [-0.3, -0.25) is 0 Å². The smallest absolute Gasteiger partial charge is 0.00351 e. The summed E-state index contributed by atoms with van der Waals surface area (Å²) in [5.74, 6) is 0.946. The quantitative estimate of drug-likeness (QED) is 0.494. The van der Waals surface area contributed by atoms with E-state index in [1.54, 1.807) is 0 Å². The number of rotatable bonds is 0. The second-order valence-corrected chi connectivity index (χ2v) is 4.51. The van der Waals surface area contributed by atoms with Crippen molar-refractivity contribution in [2.24, 2.45) is 11.3 Å². The average Bonchev–Trinajstić information content (AvgIpc) is 2.44. The Hall–Kier alpha value is -0.0400. The SMILES string of the molecule is C[C@H]1CN(C)CC2(CC2)C1. The highest BCUT2D eigenvalue weighted by Gasteiger charge is 2.46. The molecule has 2 aliphatic rings. The molecule has 1 heteroatoms. The molecular formula is C9H17N. The molecule has 1 saturated heterocycles. The van der Waals surface area contributed by atoms with E-state index in [1.807, 2.05) is 0 Å². The highest BCUT2D eigenvalue weighted by Crippen LogP contribution is 2.52. The lowest BCUT2D eigenvalue weighted by Crippen LogP contribution is -2.37. The van der Waals surface area contributed by atoms with Crippen molar-refractivity contribution in [2.75, 3.05) is 20.1 Å². The maximum atomic E-state index is 2.50. The Morgan fingerprint density at radius 1 is 1.40 bits per heavy atom. The maximum absolute atomic E-state index is 2.50. The van der Waals surface area contributed by atoms with Gasteiger partial charge in [-0.15, -0.1) is 0 Å². The zero-order valence-electron chi connectivity index (χ0n) is 7.06. The van der Waals surface area contributed by atoms with Gasteiger partial charge >= 0.3 is 0 Å². The molecule has 2 fully saturated rings. The van der Waals surface area contributed by atoms with E-state index in [1.165, 1.54) is 32.4 Å². The van der Waals surface area contributed by atoms with Crippen LogP contribution >= 0.6 is 0 Å². The summed E-state index contributed by atoms with van der Waals surface area (Å²) in [4.78, 5) is 2.50. The Labute approximate surface area is 63.4 Å². The molecular weight excluding hydrogens is 122 g/mol. The molecule has 0 unspecified atom stereocenters. The van der Waals surface area contributed by atoms with Crippen LogP contribution in [0.1, 0.15) is 26.2 Å². The molecule has 0 aromatic carbocycles. The number of hydrogen-bond donors (Lipinski definition) is 0. The first-order valence-corrected chi connectivity index (χ1v) is 4.39. The van der Waals surface area contributed by atoms with Gasteiger partial charge in [0.2, 0.25) is 0 Å². The van der Waals surface area contributed by atoms with Crippen molar-refractivity contribution >= 4 is 0 Å². The molecule has 1 saturated carbocycles. The van der Waals surface area contributed by atoms with Gasteiger partial charge in [0.1, 0.15) is 0 Å². The molecule has 1 aliphatic carbocycles. The van der Waals surface area contributed by atoms with Crippen molar-refractivity contribution in [2.45, 2.75) is 26.2 Å². The van der Waals surface area contributed by atoms with Crippen LogP contribution in [0.2, 0.25) is 0 Å². The fourth-order valence-electron chi connectivity index (χ4n) is 2.58. The largest absolute Gasteiger partial charge is 0.306 e. The molecule has 1 heterocycles. The topological polar surface area (TPSA) is 3.24 Å². The minimum Gasteiger partial charge on any atom is -0.306 e. The van der Waals surface area contributed by atoms with Crippen molar-refractivity contribution in [1.82, 2.24) is 4.90 Å². The fraction of sp³-hybridized carbons (Fsp3) is 1.00. The maximum Gasteiger partial charge on any atom is 0.00351 e. The zero-order valence-corrected chi connectivity index (χ0v) is 7.06. The molecule has 0 N–H and O–H groups in total. The van der Waals surface area contributed by atoms with Crippen LogP contribution in [0, 0.1) is 11.3 Å². The molecule has 1 aliphatic heterocycles. The Morgan fingerprint density at radius 2 is 2.10 bits per heavy atom. The number of nitrogens with zero attached hydrogens (tertiary/aromatic N) is 1. The van der Waals surface area contributed by atoms with Crippen molar-refractivity contribution in [3.05, 3.63) is 0 Å². The lowest BCUT2D eigenvalue weighted by Gasteiger charge is -2.34. The summed E-state index contributed by atoms with van der Waals surface area (Å²) in [5.41, 5.74) is 0.798. The van der Waals surface area contributed by atoms with Gasteiger partial charge in [0.25, 0.3) is 0 Å². The van der Waals surface area contributed by atoms with E-state index in [-0.39, 0.29) is 0 Å². The normalized spacial score (nSPS) is 38.4. The Morgan fingerprint density at radius 3 is 2.60 bits per heavy atom.